The van der Waals surface area contributed by atoms with Crippen molar-refractivity contribution in [2.45, 2.75) is 19.9 Å². The Balaban J connectivity index is 1.79. The number of rotatable bonds is 5. The lowest BCUT2D eigenvalue weighted by Gasteiger charge is -2.37. The van der Waals surface area contributed by atoms with Crippen molar-refractivity contribution in [3.05, 3.63) is 82.2 Å². The largest absolute Gasteiger partial charge is 0.497 e. The first-order valence-electron chi connectivity index (χ1n) is 9.83. The van der Waals surface area contributed by atoms with Crippen LogP contribution in [0.1, 0.15) is 24.3 Å². The molecule has 1 aromatic heterocycles. The fourth-order valence-electron chi connectivity index (χ4n) is 3.59. The molecular weight excluding hydrogens is 448 g/mol. The molecule has 0 bridgehead atoms. The van der Waals surface area contributed by atoms with E-state index in [2.05, 4.69) is 15.8 Å². The average Bonchev–Trinajstić information content (AvgIpc) is 3.19. The molecule has 1 aliphatic rings. The number of carbonyl (C=O) groups excluding carboxylic acids is 1. The fourth-order valence-corrected chi connectivity index (χ4v) is 4.08. The van der Waals surface area contributed by atoms with Crippen LogP contribution in [0.15, 0.2) is 70.4 Å². The number of nitrogens with zero attached hydrogens (tertiary/aromatic N) is 2. The van der Waals surface area contributed by atoms with Gasteiger partial charge in [-0.3, -0.25) is 9.69 Å². The molecule has 3 aromatic rings. The smallest absolute Gasteiger partial charge is 0.257 e. The summed E-state index contributed by atoms with van der Waals surface area (Å²) >= 11 is 11.7. The van der Waals surface area contributed by atoms with Crippen LogP contribution >= 0.6 is 23.8 Å². The molecule has 0 spiro atoms. The van der Waals surface area contributed by atoms with Gasteiger partial charge in [0.1, 0.15) is 11.5 Å². The molecule has 1 atom stereocenters. The molecule has 0 radical (unpaired) electrons. The van der Waals surface area contributed by atoms with Crippen LogP contribution in [-0.4, -0.2) is 23.3 Å². The number of allylic oxidation sites excluding steroid dienone is 1. The third-order valence-electron chi connectivity index (χ3n) is 5.13. The van der Waals surface area contributed by atoms with Crippen molar-refractivity contribution in [3.8, 4) is 5.75 Å². The van der Waals surface area contributed by atoms with Crippen LogP contribution in [0.25, 0.3) is 0 Å². The highest BCUT2D eigenvalue weighted by atomic mass is 35.5. The van der Waals surface area contributed by atoms with Gasteiger partial charge < -0.3 is 19.9 Å². The molecule has 1 amide bonds. The van der Waals surface area contributed by atoms with E-state index in [9.17, 15) is 4.79 Å². The Morgan fingerprint density at radius 1 is 1.19 bits per heavy atom. The van der Waals surface area contributed by atoms with Crippen molar-refractivity contribution in [2.75, 3.05) is 17.3 Å². The Kier molecular flexibility index (Phi) is 6.16. The third kappa shape index (κ3) is 4.32. The number of ether oxygens (including phenoxy) is 1. The van der Waals surface area contributed by atoms with Crippen molar-refractivity contribution < 1.29 is 14.1 Å². The van der Waals surface area contributed by atoms with E-state index in [-0.39, 0.29) is 5.91 Å². The van der Waals surface area contributed by atoms with Crippen LogP contribution in [0.4, 0.5) is 11.5 Å². The Hall–Kier alpha value is -3.36. The van der Waals surface area contributed by atoms with E-state index >= 15 is 0 Å². The summed E-state index contributed by atoms with van der Waals surface area (Å²) in [6.07, 6.45) is 0. The molecule has 0 fully saturated rings. The van der Waals surface area contributed by atoms with E-state index in [0.717, 1.165) is 17.0 Å². The number of nitrogens with one attached hydrogen (secondary N) is 2. The number of amides is 1. The summed E-state index contributed by atoms with van der Waals surface area (Å²) in [6.45, 7) is 3.62. The van der Waals surface area contributed by atoms with Crippen molar-refractivity contribution in [1.82, 2.24) is 10.5 Å². The topological polar surface area (TPSA) is 79.6 Å². The monoisotopic (exact) mass is 468 g/mol. The van der Waals surface area contributed by atoms with Crippen molar-refractivity contribution in [3.63, 3.8) is 0 Å². The summed E-state index contributed by atoms with van der Waals surface area (Å²) in [4.78, 5) is 15.2. The van der Waals surface area contributed by atoms with E-state index in [1.807, 2.05) is 48.2 Å². The maximum atomic E-state index is 13.4. The summed E-state index contributed by atoms with van der Waals surface area (Å²) in [5, 5.41) is 11.1. The highest BCUT2D eigenvalue weighted by molar-refractivity contribution is 7.80. The van der Waals surface area contributed by atoms with E-state index in [0.29, 0.717) is 33.0 Å². The maximum Gasteiger partial charge on any atom is 0.257 e. The number of hydrogen-bond acceptors (Lipinski definition) is 5. The minimum Gasteiger partial charge on any atom is -0.497 e. The van der Waals surface area contributed by atoms with E-state index in [1.165, 1.54) is 0 Å². The van der Waals surface area contributed by atoms with Crippen LogP contribution in [0.5, 0.6) is 5.75 Å². The normalized spacial score (nSPS) is 16.1. The number of benzene rings is 2. The van der Waals surface area contributed by atoms with Gasteiger partial charge in [0.05, 0.1) is 18.7 Å². The highest BCUT2D eigenvalue weighted by Gasteiger charge is 2.35. The lowest BCUT2D eigenvalue weighted by atomic mass is 9.94. The van der Waals surface area contributed by atoms with Gasteiger partial charge in [-0.25, -0.2) is 0 Å². The molecule has 32 heavy (non-hydrogen) atoms. The van der Waals surface area contributed by atoms with Gasteiger partial charge >= 0.3 is 0 Å². The minimum atomic E-state index is -0.468. The van der Waals surface area contributed by atoms with Gasteiger partial charge in [-0.05, 0) is 68.0 Å². The number of anilines is 2. The molecule has 4 rings (SSSR count). The van der Waals surface area contributed by atoms with Gasteiger partial charge in [-0.2, -0.15) is 0 Å². The lowest BCUT2D eigenvalue weighted by molar-refractivity contribution is -0.113. The molecule has 164 valence electrons. The molecule has 0 saturated heterocycles. The van der Waals surface area contributed by atoms with Gasteiger partial charge in [0.2, 0.25) is 0 Å². The fraction of sp³-hybridized carbons (Fsp3) is 0.174. The number of thiocarbonyl (C=S) groups is 1. The zero-order chi connectivity index (χ0) is 22.8. The summed E-state index contributed by atoms with van der Waals surface area (Å²) in [5.74, 6) is 1.35. The second-order valence-corrected chi connectivity index (χ2v) is 8.07. The van der Waals surface area contributed by atoms with Crippen molar-refractivity contribution >= 4 is 46.3 Å². The molecule has 2 N–H and O–H groups in total. The summed E-state index contributed by atoms with van der Waals surface area (Å²) in [7, 11) is 1.61. The second-order valence-electron chi connectivity index (χ2n) is 7.24. The maximum absolute atomic E-state index is 13.4. The van der Waals surface area contributed by atoms with E-state index < -0.39 is 6.04 Å². The first-order valence-corrected chi connectivity index (χ1v) is 10.6. The second kappa shape index (κ2) is 9.02. The number of carbonyl (C=O) groups is 1. The van der Waals surface area contributed by atoms with Gasteiger partial charge in [-0.15, -0.1) is 0 Å². The Bertz CT molecular complexity index is 1190. The van der Waals surface area contributed by atoms with Gasteiger partial charge in [-0.1, -0.05) is 28.9 Å². The predicted octanol–water partition coefficient (Wildman–Crippen LogP) is 4.99. The molecule has 1 aliphatic heterocycles. The number of aromatic nitrogens is 1. The zero-order valence-electron chi connectivity index (χ0n) is 17.7. The number of aryl methyl sites for hydroxylation is 1. The van der Waals surface area contributed by atoms with Crippen LogP contribution < -0.4 is 20.3 Å². The van der Waals surface area contributed by atoms with Crippen LogP contribution in [0.3, 0.4) is 0 Å². The van der Waals surface area contributed by atoms with E-state index in [4.69, 9.17) is 33.1 Å². The summed E-state index contributed by atoms with van der Waals surface area (Å²) in [5.41, 5.74) is 2.85. The third-order valence-corrected chi connectivity index (χ3v) is 5.69. The van der Waals surface area contributed by atoms with Gasteiger partial charge in [0.25, 0.3) is 5.91 Å². The predicted molar refractivity (Wildman–Crippen MR) is 128 cm³/mol. The molecule has 2 aromatic carbocycles. The number of hydrogen-bond donors (Lipinski definition) is 2. The molecule has 2 heterocycles. The lowest BCUT2D eigenvalue weighted by Crippen LogP contribution is -2.48. The Labute approximate surface area is 196 Å². The number of halogens is 1. The highest BCUT2D eigenvalue weighted by Crippen LogP contribution is 2.35. The molecule has 7 nitrogen and oxygen atoms in total. The number of methoxy groups -OCH3 is 1. The van der Waals surface area contributed by atoms with Gasteiger partial charge in [0.15, 0.2) is 10.9 Å². The zero-order valence-corrected chi connectivity index (χ0v) is 19.3. The molecule has 0 saturated carbocycles. The molecular formula is C23H21ClN4O3S. The van der Waals surface area contributed by atoms with Crippen LogP contribution in [0.2, 0.25) is 5.02 Å². The summed E-state index contributed by atoms with van der Waals surface area (Å²) in [6, 6.07) is 15.9. The minimum absolute atomic E-state index is 0.314. The van der Waals surface area contributed by atoms with Gasteiger partial charge in [0, 0.05) is 22.5 Å². The van der Waals surface area contributed by atoms with Crippen molar-refractivity contribution in [2.24, 2.45) is 0 Å². The average molecular weight is 469 g/mol. The Morgan fingerprint density at radius 2 is 1.88 bits per heavy atom. The SMILES string of the molecule is COc1ccc([C@H]2NC(=S)N(c3ccc(Cl)cc3)C(C)=C2C(=O)Nc2cc(C)on2)cc1. The molecule has 0 unspecified atom stereocenters. The van der Waals surface area contributed by atoms with Crippen LogP contribution in [0, 0.1) is 6.92 Å². The first-order chi connectivity index (χ1) is 15.4. The van der Waals surface area contributed by atoms with Crippen LogP contribution in [-0.2, 0) is 4.79 Å². The quantitative estimate of drug-likeness (QED) is 0.510. The standard InChI is InChI=1S/C23H21ClN4O3S/c1-13-12-19(27-31-13)25-22(29)20-14(2)28(17-8-6-16(24)7-9-17)23(32)26-21(20)15-4-10-18(30-3)11-5-15/h4-12,21H,1-3H3,(H,26,32)(H,25,27,29)/t21-/m1/s1. The summed E-state index contributed by atoms with van der Waals surface area (Å²) < 4.78 is 10.3. The first kappa shape index (κ1) is 21.9. The van der Waals surface area contributed by atoms with E-state index in [1.54, 1.807) is 32.2 Å². The molecule has 0 aliphatic carbocycles. The Morgan fingerprint density at radius 3 is 2.47 bits per heavy atom. The molecule has 9 heteroatoms. The van der Waals surface area contributed by atoms with Crippen molar-refractivity contribution in [1.29, 1.82) is 0 Å².